The Bertz CT molecular complexity index is 824. The third-order valence-corrected chi connectivity index (χ3v) is 7.02. The molecule has 0 aromatic heterocycles. The molecule has 1 atom stereocenters. The molecule has 0 bridgehead atoms. The number of urea groups is 1. The average Bonchev–Trinajstić information content (AvgIpc) is 3.51. The molecule has 33 heavy (non-hydrogen) atoms. The van der Waals surface area contributed by atoms with Crippen LogP contribution in [0.5, 0.6) is 5.75 Å². The molecule has 7 nitrogen and oxygen atoms in total. The standard InChI is InChI=1S/C25H37FN4O3/c26-21-9-8-20(16-22(21)33-17-19-6-7-19)25(11-13-27-18-25)28-12-4-2-1-3-5-14-30-15-10-23(31)29-24(30)32/h8-9,16,19,27-28H,1-7,10-15,17-18H2,(H,29,31,32). The van der Waals surface area contributed by atoms with Crippen LogP contribution in [-0.2, 0) is 10.3 Å². The average molecular weight is 461 g/mol. The number of carbonyl (C=O) groups is 2. The molecule has 1 saturated carbocycles. The molecule has 1 aromatic rings. The van der Waals surface area contributed by atoms with Crippen molar-refractivity contribution in [1.82, 2.24) is 20.9 Å². The zero-order chi connectivity index (χ0) is 23.1. The summed E-state index contributed by atoms with van der Waals surface area (Å²) in [5.41, 5.74) is 0.919. The Balaban J connectivity index is 1.17. The van der Waals surface area contributed by atoms with Crippen molar-refractivity contribution in [1.29, 1.82) is 0 Å². The number of ether oxygens (including phenoxy) is 1. The van der Waals surface area contributed by atoms with Gasteiger partial charge in [0.25, 0.3) is 0 Å². The molecule has 4 rings (SSSR count). The highest BCUT2D eigenvalue weighted by Gasteiger charge is 2.35. The second-order valence-electron chi connectivity index (χ2n) is 9.69. The summed E-state index contributed by atoms with van der Waals surface area (Å²) in [7, 11) is 0. The third-order valence-electron chi connectivity index (χ3n) is 7.02. The first-order valence-electron chi connectivity index (χ1n) is 12.5. The first-order chi connectivity index (χ1) is 16.1. The van der Waals surface area contributed by atoms with E-state index in [9.17, 15) is 14.0 Å². The molecule has 3 amide bonds. The summed E-state index contributed by atoms with van der Waals surface area (Å²) >= 11 is 0. The molecule has 182 valence electrons. The van der Waals surface area contributed by atoms with Crippen molar-refractivity contribution in [2.75, 3.05) is 39.3 Å². The van der Waals surface area contributed by atoms with Crippen molar-refractivity contribution in [3.63, 3.8) is 0 Å². The fourth-order valence-electron chi connectivity index (χ4n) is 4.69. The molecule has 2 saturated heterocycles. The van der Waals surface area contributed by atoms with Crippen molar-refractivity contribution in [3.8, 4) is 5.75 Å². The maximum Gasteiger partial charge on any atom is 0.324 e. The summed E-state index contributed by atoms with van der Waals surface area (Å²) in [4.78, 5) is 24.7. The van der Waals surface area contributed by atoms with E-state index in [2.05, 4.69) is 16.0 Å². The Hall–Kier alpha value is -2.19. The van der Waals surface area contributed by atoms with Gasteiger partial charge < -0.3 is 20.3 Å². The smallest absolute Gasteiger partial charge is 0.324 e. The molecule has 0 radical (unpaired) electrons. The lowest BCUT2D eigenvalue weighted by atomic mass is 9.88. The summed E-state index contributed by atoms with van der Waals surface area (Å²) in [6, 6.07) is 5.07. The fourth-order valence-corrected chi connectivity index (χ4v) is 4.69. The number of amides is 3. The van der Waals surface area contributed by atoms with E-state index in [1.54, 1.807) is 4.90 Å². The Morgan fingerprint density at radius 1 is 1.15 bits per heavy atom. The number of rotatable bonds is 13. The second kappa shape index (κ2) is 11.3. The molecule has 0 spiro atoms. The lowest BCUT2D eigenvalue weighted by Crippen LogP contribution is -2.49. The highest BCUT2D eigenvalue weighted by molar-refractivity contribution is 5.96. The minimum Gasteiger partial charge on any atom is -0.490 e. The summed E-state index contributed by atoms with van der Waals surface area (Å²) < 4.78 is 20.0. The molecular formula is C25H37FN4O3. The number of carbonyl (C=O) groups excluding carboxylic acids is 2. The van der Waals surface area contributed by atoms with Crippen LogP contribution in [0.3, 0.4) is 0 Å². The van der Waals surface area contributed by atoms with Gasteiger partial charge in [0, 0.05) is 26.1 Å². The fraction of sp³-hybridized carbons (Fsp3) is 0.680. The van der Waals surface area contributed by atoms with Gasteiger partial charge in [-0.2, -0.15) is 0 Å². The van der Waals surface area contributed by atoms with Crippen LogP contribution in [0.25, 0.3) is 0 Å². The summed E-state index contributed by atoms with van der Waals surface area (Å²) in [5.74, 6) is 0.504. The molecule has 1 unspecified atom stereocenters. The van der Waals surface area contributed by atoms with Crippen LogP contribution in [0.1, 0.15) is 63.4 Å². The van der Waals surface area contributed by atoms with Crippen molar-refractivity contribution in [2.45, 2.75) is 63.3 Å². The van der Waals surface area contributed by atoms with E-state index in [1.807, 2.05) is 12.1 Å². The van der Waals surface area contributed by atoms with Gasteiger partial charge in [-0.05, 0) is 68.8 Å². The van der Waals surface area contributed by atoms with Crippen molar-refractivity contribution >= 4 is 11.9 Å². The Morgan fingerprint density at radius 3 is 2.73 bits per heavy atom. The molecule has 1 aromatic carbocycles. The number of nitrogens with one attached hydrogen (secondary N) is 3. The van der Waals surface area contributed by atoms with Crippen LogP contribution in [-0.4, -0.2) is 56.2 Å². The Labute approximate surface area is 195 Å². The van der Waals surface area contributed by atoms with E-state index in [0.717, 1.165) is 63.7 Å². The van der Waals surface area contributed by atoms with Gasteiger partial charge in [0.2, 0.25) is 5.91 Å². The number of halogens is 1. The first kappa shape index (κ1) is 24.0. The number of hydrogen-bond acceptors (Lipinski definition) is 5. The van der Waals surface area contributed by atoms with Gasteiger partial charge in [-0.25, -0.2) is 9.18 Å². The predicted octanol–water partition coefficient (Wildman–Crippen LogP) is 3.29. The number of nitrogens with zero attached hydrogens (tertiary/aromatic N) is 1. The second-order valence-corrected chi connectivity index (χ2v) is 9.69. The zero-order valence-electron chi connectivity index (χ0n) is 19.5. The molecule has 3 fully saturated rings. The van der Waals surface area contributed by atoms with Gasteiger partial charge in [-0.3, -0.25) is 10.1 Å². The van der Waals surface area contributed by atoms with Crippen LogP contribution in [0.4, 0.5) is 9.18 Å². The van der Waals surface area contributed by atoms with E-state index in [-0.39, 0.29) is 23.3 Å². The maximum atomic E-state index is 14.3. The van der Waals surface area contributed by atoms with Gasteiger partial charge in [-0.1, -0.05) is 25.3 Å². The van der Waals surface area contributed by atoms with Crippen LogP contribution >= 0.6 is 0 Å². The number of imide groups is 1. The minimum atomic E-state index is -0.283. The van der Waals surface area contributed by atoms with Gasteiger partial charge >= 0.3 is 6.03 Å². The zero-order valence-corrected chi connectivity index (χ0v) is 19.5. The molecular weight excluding hydrogens is 423 g/mol. The summed E-state index contributed by atoms with van der Waals surface area (Å²) in [5, 5.41) is 9.58. The number of unbranched alkanes of at least 4 members (excludes halogenated alkanes) is 4. The molecule has 2 heterocycles. The SMILES string of the molecule is O=C1CCN(CCCCCCCNC2(c3ccc(F)c(OCC4CC4)c3)CCNC2)C(=O)N1. The van der Waals surface area contributed by atoms with Crippen LogP contribution in [0, 0.1) is 11.7 Å². The molecule has 1 aliphatic carbocycles. The lowest BCUT2D eigenvalue weighted by molar-refractivity contribution is -0.121. The van der Waals surface area contributed by atoms with E-state index >= 15 is 0 Å². The van der Waals surface area contributed by atoms with Crippen molar-refractivity contribution in [2.24, 2.45) is 5.92 Å². The Kier molecular flexibility index (Phi) is 8.20. The Morgan fingerprint density at radius 2 is 1.97 bits per heavy atom. The minimum absolute atomic E-state index is 0.176. The first-order valence-corrected chi connectivity index (χ1v) is 12.5. The quantitative estimate of drug-likeness (QED) is 0.394. The predicted molar refractivity (Wildman–Crippen MR) is 125 cm³/mol. The lowest BCUT2D eigenvalue weighted by Gasteiger charge is -2.31. The van der Waals surface area contributed by atoms with Crippen molar-refractivity contribution in [3.05, 3.63) is 29.6 Å². The van der Waals surface area contributed by atoms with Crippen LogP contribution in [0.2, 0.25) is 0 Å². The van der Waals surface area contributed by atoms with E-state index in [4.69, 9.17) is 4.74 Å². The maximum absolute atomic E-state index is 14.3. The highest BCUT2D eigenvalue weighted by Crippen LogP contribution is 2.34. The number of benzene rings is 1. The largest absolute Gasteiger partial charge is 0.490 e. The number of hydrogen-bond donors (Lipinski definition) is 3. The molecule has 2 aliphatic heterocycles. The summed E-state index contributed by atoms with van der Waals surface area (Å²) in [6.45, 7) is 4.54. The summed E-state index contributed by atoms with van der Waals surface area (Å²) in [6.07, 6.45) is 9.10. The van der Waals surface area contributed by atoms with Crippen LogP contribution < -0.4 is 20.7 Å². The van der Waals surface area contributed by atoms with Gasteiger partial charge in [0.15, 0.2) is 11.6 Å². The van der Waals surface area contributed by atoms with E-state index in [0.29, 0.717) is 37.8 Å². The van der Waals surface area contributed by atoms with Crippen LogP contribution in [0.15, 0.2) is 18.2 Å². The third kappa shape index (κ3) is 6.67. The highest BCUT2D eigenvalue weighted by atomic mass is 19.1. The molecule has 8 heteroatoms. The van der Waals surface area contributed by atoms with Gasteiger partial charge in [0.05, 0.1) is 12.1 Å². The normalized spacial score (nSPS) is 23.1. The van der Waals surface area contributed by atoms with E-state index in [1.165, 1.54) is 18.9 Å². The molecule has 3 N–H and O–H groups in total. The van der Waals surface area contributed by atoms with Crippen molar-refractivity contribution < 1.29 is 18.7 Å². The monoisotopic (exact) mass is 460 g/mol. The van der Waals surface area contributed by atoms with Gasteiger partial charge in [0.1, 0.15) is 0 Å². The molecule has 3 aliphatic rings. The van der Waals surface area contributed by atoms with E-state index < -0.39 is 0 Å². The van der Waals surface area contributed by atoms with Gasteiger partial charge in [-0.15, -0.1) is 0 Å². The topological polar surface area (TPSA) is 82.7 Å².